The summed E-state index contributed by atoms with van der Waals surface area (Å²) in [5.41, 5.74) is -0.986. The highest BCUT2D eigenvalue weighted by Gasteiger charge is 2.46. The molecule has 0 aliphatic carbocycles. The molecule has 7 nitrogen and oxygen atoms in total. The fourth-order valence-electron chi connectivity index (χ4n) is 1.70. The summed E-state index contributed by atoms with van der Waals surface area (Å²) in [6.45, 7) is 3.53. The zero-order chi connectivity index (χ0) is 14.6. The zero-order valence-corrected chi connectivity index (χ0v) is 11.5. The maximum atomic E-state index is 11.1. The van der Waals surface area contributed by atoms with Crippen LogP contribution in [0.2, 0.25) is 0 Å². The number of ether oxygens (including phenoxy) is 4. The fourth-order valence-corrected chi connectivity index (χ4v) is 1.97. The summed E-state index contributed by atoms with van der Waals surface area (Å²) < 4.78 is 20.1. The van der Waals surface area contributed by atoms with E-state index in [1.54, 1.807) is 0 Å². The first kappa shape index (κ1) is 15.7. The fraction of sp³-hybridized carbons (Fsp3) is 0.727. The van der Waals surface area contributed by atoms with Crippen molar-refractivity contribution in [1.82, 2.24) is 0 Å². The Labute approximate surface area is 115 Å². The topological polar surface area (TPSA) is 88.1 Å². The van der Waals surface area contributed by atoms with Crippen molar-refractivity contribution in [3.05, 3.63) is 0 Å². The van der Waals surface area contributed by atoms with Gasteiger partial charge in [0.1, 0.15) is 0 Å². The third-order valence-corrected chi connectivity index (χ3v) is 2.66. The van der Waals surface area contributed by atoms with Crippen LogP contribution in [0.15, 0.2) is 0 Å². The molecule has 1 fully saturated rings. The van der Waals surface area contributed by atoms with Crippen LogP contribution < -0.4 is 0 Å². The quantitative estimate of drug-likeness (QED) is 0.422. The number of hydrogen-bond acceptors (Lipinski definition) is 7. The molecule has 0 aromatic heterocycles. The molecule has 1 unspecified atom stereocenters. The first-order chi connectivity index (χ1) is 8.81. The first-order valence-electron chi connectivity index (χ1n) is 5.58. The van der Waals surface area contributed by atoms with Crippen molar-refractivity contribution in [3.63, 3.8) is 0 Å². The summed E-state index contributed by atoms with van der Waals surface area (Å²) in [6, 6.07) is 0. The number of carbonyl (C=O) groups is 3. The van der Waals surface area contributed by atoms with E-state index >= 15 is 0 Å². The molecule has 1 heterocycles. The Morgan fingerprint density at radius 2 is 1.42 bits per heavy atom. The minimum Gasteiger partial charge on any atom is -0.456 e. The molecule has 0 amide bonds. The van der Waals surface area contributed by atoms with Gasteiger partial charge in [-0.25, -0.2) is 0 Å². The van der Waals surface area contributed by atoms with Gasteiger partial charge in [0.05, 0.1) is 6.61 Å². The van der Waals surface area contributed by atoms with E-state index in [-0.39, 0.29) is 6.61 Å². The van der Waals surface area contributed by atoms with Gasteiger partial charge in [0, 0.05) is 20.8 Å². The summed E-state index contributed by atoms with van der Waals surface area (Å²) in [5, 5.41) is 0. The molecule has 4 atom stereocenters. The molecule has 1 rings (SSSR count). The summed E-state index contributed by atoms with van der Waals surface area (Å²) in [7, 11) is 0. The molecule has 0 radical (unpaired) electrons. The number of carbonyl (C=O) groups excluding carboxylic acids is 3. The molecule has 0 aromatic carbocycles. The molecule has 8 heteroatoms. The van der Waals surface area contributed by atoms with Gasteiger partial charge in [-0.15, -0.1) is 0 Å². The van der Waals surface area contributed by atoms with E-state index < -0.39 is 41.8 Å². The van der Waals surface area contributed by atoms with E-state index in [9.17, 15) is 14.4 Å². The maximum absolute atomic E-state index is 11.1. The SMILES string of the molecule is CC(=O)O[C@H]1[C@H](OC(C)=O)COC(Cl)[C@@H]1OC(C)=O. The number of halogens is 1. The van der Waals surface area contributed by atoms with Crippen LogP contribution in [-0.2, 0) is 33.3 Å². The number of rotatable bonds is 3. The Hall–Kier alpha value is -1.34. The van der Waals surface area contributed by atoms with E-state index in [1.165, 1.54) is 20.8 Å². The summed E-state index contributed by atoms with van der Waals surface area (Å²) >= 11 is 5.88. The lowest BCUT2D eigenvalue weighted by Crippen LogP contribution is -2.55. The Morgan fingerprint density at radius 1 is 0.947 bits per heavy atom. The van der Waals surface area contributed by atoms with E-state index in [0.29, 0.717) is 0 Å². The van der Waals surface area contributed by atoms with Gasteiger partial charge in [-0.2, -0.15) is 0 Å². The third-order valence-electron chi connectivity index (χ3n) is 2.29. The zero-order valence-electron chi connectivity index (χ0n) is 10.8. The van der Waals surface area contributed by atoms with Crippen LogP contribution in [0.1, 0.15) is 20.8 Å². The van der Waals surface area contributed by atoms with Crippen LogP contribution in [0.25, 0.3) is 0 Å². The standard InChI is InChI=1S/C11H15ClO7/c1-5(13)17-8-4-16-11(12)10(19-7(3)15)9(8)18-6(2)14/h8-11H,4H2,1-3H3/t8-,9+,10-,11?/m1/s1. The second kappa shape index (κ2) is 6.72. The highest BCUT2D eigenvalue weighted by Crippen LogP contribution is 2.26. The van der Waals surface area contributed by atoms with Crippen molar-refractivity contribution in [2.24, 2.45) is 0 Å². The van der Waals surface area contributed by atoms with Crippen LogP contribution in [0, 0.1) is 0 Å². The van der Waals surface area contributed by atoms with E-state index in [4.69, 9.17) is 30.5 Å². The average Bonchev–Trinajstić information content (AvgIpc) is 2.25. The van der Waals surface area contributed by atoms with Crippen LogP contribution in [0.3, 0.4) is 0 Å². The van der Waals surface area contributed by atoms with Crippen LogP contribution in [-0.4, -0.2) is 48.4 Å². The molecule has 1 saturated heterocycles. The van der Waals surface area contributed by atoms with E-state index in [2.05, 4.69) is 0 Å². The molecule has 0 aromatic rings. The minimum atomic E-state index is -1.04. The number of esters is 3. The molecule has 19 heavy (non-hydrogen) atoms. The number of hydrogen-bond donors (Lipinski definition) is 0. The van der Waals surface area contributed by atoms with Crippen molar-refractivity contribution in [1.29, 1.82) is 0 Å². The van der Waals surface area contributed by atoms with Gasteiger partial charge < -0.3 is 18.9 Å². The molecule has 0 saturated carbocycles. The van der Waals surface area contributed by atoms with Gasteiger partial charge in [-0.1, -0.05) is 11.6 Å². The Kier molecular flexibility index (Phi) is 5.56. The van der Waals surface area contributed by atoms with Gasteiger partial charge in [0.15, 0.2) is 23.9 Å². The van der Waals surface area contributed by atoms with Crippen LogP contribution in [0.4, 0.5) is 0 Å². The van der Waals surface area contributed by atoms with Gasteiger partial charge in [0.2, 0.25) is 0 Å². The van der Waals surface area contributed by atoms with Gasteiger partial charge in [-0.05, 0) is 0 Å². The van der Waals surface area contributed by atoms with E-state index in [1.807, 2.05) is 0 Å². The normalized spacial score (nSPS) is 30.3. The van der Waals surface area contributed by atoms with Gasteiger partial charge in [0.25, 0.3) is 0 Å². The minimum absolute atomic E-state index is 0.0521. The lowest BCUT2D eigenvalue weighted by Gasteiger charge is -2.38. The smallest absolute Gasteiger partial charge is 0.303 e. The molecular formula is C11H15ClO7. The third kappa shape index (κ3) is 4.68. The molecule has 0 N–H and O–H groups in total. The summed E-state index contributed by atoms with van der Waals surface area (Å²) in [4.78, 5) is 33.1. The lowest BCUT2D eigenvalue weighted by atomic mass is 10.1. The number of alkyl halides is 1. The van der Waals surface area contributed by atoms with E-state index in [0.717, 1.165) is 0 Å². The molecule has 108 valence electrons. The Morgan fingerprint density at radius 3 is 1.89 bits per heavy atom. The highest BCUT2D eigenvalue weighted by molar-refractivity contribution is 6.20. The first-order valence-corrected chi connectivity index (χ1v) is 6.02. The van der Waals surface area contributed by atoms with Gasteiger partial charge in [-0.3, -0.25) is 14.4 Å². The van der Waals surface area contributed by atoms with Crippen molar-refractivity contribution < 1.29 is 33.3 Å². The monoisotopic (exact) mass is 294 g/mol. The molecular weight excluding hydrogens is 280 g/mol. The van der Waals surface area contributed by atoms with Crippen molar-refractivity contribution in [2.45, 2.75) is 44.6 Å². The maximum Gasteiger partial charge on any atom is 0.303 e. The Bertz CT molecular complexity index is 370. The highest BCUT2D eigenvalue weighted by atomic mass is 35.5. The van der Waals surface area contributed by atoms with Crippen molar-refractivity contribution >= 4 is 29.5 Å². The molecule has 1 aliphatic rings. The predicted molar refractivity (Wildman–Crippen MR) is 62.3 cm³/mol. The van der Waals surface area contributed by atoms with Crippen molar-refractivity contribution in [2.75, 3.05) is 6.61 Å². The lowest BCUT2D eigenvalue weighted by molar-refractivity contribution is -0.214. The average molecular weight is 295 g/mol. The Balaban J connectivity index is 2.89. The molecule has 0 spiro atoms. The molecule has 0 bridgehead atoms. The largest absolute Gasteiger partial charge is 0.456 e. The van der Waals surface area contributed by atoms with Crippen molar-refractivity contribution in [3.8, 4) is 0 Å². The second-order valence-corrected chi connectivity index (χ2v) is 4.41. The predicted octanol–water partition coefficient (Wildman–Crippen LogP) is 0.377. The van der Waals surface area contributed by atoms with Crippen LogP contribution >= 0.6 is 11.6 Å². The summed E-state index contributed by atoms with van der Waals surface area (Å²) in [6.07, 6.45) is -2.91. The second-order valence-electron chi connectivity index (χ2n) is 3.98. The van der Waals surface area contributed by atoms with Crippen LogP contribution in [0.5, 0.6) is 0 Å². The van der Waals surface area contributed by atoms with Gasteiger partial charge >= 0.3 is 17.9 Å². The summed E-state index contributed by atoms with van der Waals surface area (Å²) in [5.74, 6) is -1.79. The molecule has 1 aliphatic heterocycles.